The van der Waals surface area contributed by atoms with Crippen LogP contribution < -0.4 is 5.32 Å². The average molecular weight is 374 g/mol. The van der Waals surface area contributed by atoms with E-state index >= 15 is 0 Å². The maximum Gasteiger partial charge on any atom is 0.245 e. The Morgan fingerprint density at radius 2 is 1.56 bits per heavy atom. The number of carbonyl (C=O) groups is 2. The quantitative estimate of drug-likeness (QED) is 0.773. The van der Waals surface area contributed by atoms with Gasteiger partial charge in [-0.15, -0.1) is 0 Å². The normalized spacial score (nSPS) is 22.0. The Balaban J connectivity index is 1.93. The summed E-state index contributed by atoms with van der Waals surface area (Å²) in [6.45, 7) is 6.15. The van der Waals surface area contributed by atoms with E-state index in [0.717, 1.165) is 32.4 Å². The molecule has 144 valence electrons. The summed E-state index contributed by atoms with van der Waals surface area (Å²) in [7, 11) is -3.20. The fraction of sp³-hybridized carbons (Fsp3) is 0.882. The van der Waals surface area contributed by atoms with Crippen molar-refractivity contribution in [2.45, 2.75) is 52.0 Å². The second kappa shape index (κ2) is 8.49. The number of amides is 2. The van der Waals surface area contributed by atoms with Crippen LogP contribution in [0.15, 0.2) is 0 Å². The van der Waals surface area contributed by atoms with Crippen LogP contribution in [0.25, 0.3) is 0 Å². The van der Waals surface area contributed by atoms with E-state index in [1.165, 1.54) is 10.6 Å². The number of sulfonamides is 1. The van der Waals surface area contributed by atoms with Gasteiger partial charge in [0.25, 0.3) is 0 Å². The topological polar surface area (TPSA) is 86.8 Å². The molecule has 2 fully saturated rings. The van der Waals surface area contributed by atoms with E-state index in [-0.39, 0.29) is 23.7 Å². The number of rotatable bonds is 5. The average Bonchev–Trinajstić information content (AvgIpc) is 2.58. The second-order valence-electron chi connectivity index (χ2n) is 7.55. The molecule has 0 aliphatic carbocycles. The number of nitrogens with one attached hydrogen (secondary N) is 1. The number of likely N-dealkylation sites (tertiary alicyclic amines) is 1. The highest BCUT2D eigenvalue weighted by atomic mass is 32.2. The van der Waals surface area contributed by atoms with Gasteiger partial charge in [0.2, 0.25) is 21.8 Å². The molecule has 2 rings (SSSR count). The molecule has 0 unspecified atom stereocenters. The molecule has 25 heavy (non-hydrogen) atoms. The summed E-state index contributed by atoms with van der Waals surface area (Å²) in [5.41, 5.74) is 0. The number of nitrogens with zero attached hydrogens (tertiary/aromatic N) is 2. The molecular weight excluding hydrogens is 342 g/mol. The number of carbonyl (C=O) groups excluding carboxylic acids is 2. The standard InChI is InChI=1S/C17H31N3O4S/c1-13(2)15(17(22)19-9-5-4-6-10-19)18-16(21)14-7-11-20(12-8-14)25(3,23)24/h13-15H,4-12H2,1-3H3,(H,18,21)/t15-/m1/s1. The minimum Gasteiger partial charge on any atom is -0.344 e. The van der Waals surface area contributed by atoms with Crippen LogP contribution in [0.3, 0.4) is 0 Å². The van der Waals surface area contributed by atoms with Gasteiger partial charge in [0.05, 0.1) is 6.26 Å². The monoisotopic (exact) mass is 373 g/mol. The lowest BCUT2D eigenvalue weighted by molar-refractivity contribution is -0.139. The predicted octanol–water partition coefficient (Wildman–Crippen LogP) is 0.811. The Morgan fingerprint density at radius 1 is 1.00 bits per heavy atom. The first kappa shape index (κ1) is 20.2. The van der Waals surface area contributed by atoms with E-state index in [9.17, 15) is 18.0 Å². The third kappa shape index (κ3) is 5.41. The van der Waals surface area contributed by atoms with Crippen LogP contribution in [0.1, 0.15) is 46.0 Å². The Hall–Kier alpha value is -1.15. The lowest BCUT2D eigenvalue weighted by atomic mass is 9.95. The molecule has 0 aromatic rings. The van der Waals surface area contributed by atoms with E-state index in [0.29, 0.717) is 25.9 Å². The highest BCUT2D eigenvalue weighted by Crippen LogP contribution is 2.20. The van der Waals surface area contributed by atoms with Crippen LogP contribution >= 0.6 is 0 Å². The van der Waals surface area contributed by atoms with Crippen LogP contribution in [0.2, 0.25) is 0 Å². The van der Waals surface area contributed by atoms with Gasteiger partial charge in [-0.1, -0.05) is 13.8 Å². The Labute approximate surface area is 151 Å². The lowest BCUT2D eigenvalue weighted by Gasteiger charge is -2.34. The second-order valence-corrected chi connectivity index (χ2v) is 9.53. The highest BCUT2D eigenvalue weighted by Gasteiger charge is 2.33. The SMILES string of the molecule is CC(C)[C@@H](NC(=O)C1CCN(S(C)(=O)=O)CC1)C(=O)N1CCCCC1. The van der Waals surface area contributed by atoms with Gasteiger partial charge in [-0.25, -0.2) is 12.7 Å². The van der Waals surface area contributed by atoms with Crippen molar-refractivity contribution in [2.75, 3.05) is 32.4 Å². The number of hydrogen-bond acceptors (Lipinski definition) is 4. The lowest BCUT2D eigenvalue weighted by Crippen LogP contribution is -2.54. The van der Waals surface area contributed by atoms with E-state index in [1.54, 1.807) is 0 Å². The molecule has 0 saturated carbocycles. The van der Waals surface area contributed by atoms with Crippen LogP contribution in [0, 0.1) is 11.8 Å². The van der Waals surface area contributed by atoms with Gasteiger partial charge in [0.1, 0.15) is 6.04 Å². The summed E-state index contributed by atoms with van der Waals surface area (Å²) in [4.78, 5) is 27.2. The van der Waals surface area contributed by atoms with Gasteiger partial charge in [-0.05, 0) is 38.0 Å². The maximum absolute atomic E-state index is 12.8. The van der Waals surface area contributed by atoms with Gasteiger partial charge in [0, 0.05) is 32.1 Å². The molecule has 1 atom stereocenters. The van der Waals surface area contributed by atoms with Crippen LogP contribution in [0.4, 0.5) is 0 Å². The van der Waals surface area contributed by atoms with E-state index in [4.69, 9.17) is 0 Å². The van der Waals surface area contributed by atoms with Gasteiger partial charge >= 0.3 is 0 Å². The van der Waals surface area contributed by atoms with Gasteiger partial charge < -0.3 is 10.2 Å². The Kier molecular flexibility index (Phi) is 6.85. The van der Waals surface area contributed by atoms with Crippen molar-refractivity contribution < 1.29 is 18.0 Å². The third-order valence-corrected chi connectivity index (χ3v) is 6.50. The molecule has 0 radical (unpaired) electrons. The smallest absolute Gasteiger partial charge is 0.245 e. The maximum atomic E-state index is 12.8. The van der Waals surface area contributed by atoms with Crippen molar-refractivity contribution in [3.05, 3.63) is 0 Å². The minimum absolute atomic E-state index is 0.0108. The van der Waals surface area contributed by atoms with Crippen molar-refractivity contribution in [1.82, 2.24) is 14.5 Å². The largest absolute Gasteiger partial charge is 0.344 e. The molecule has 8 heteroatoms. The van der Waals surface area contributed by atoms with Gasteiger partial charge in [0.15, 0.2) is 0 Å². The molecule has 0 spiro atoms. The summed E-state index contributed by atoms with van der Waals surface area (Å²) in [6, 6.07) is -0.501. The third-order valence-electron chi connectivity index (χ3n) is 5.19. The fourth-order valence-electron chi connectivity index (χ4n) is 3.55. The van der Waals surface area contributed by atoms with Gasteiger partial charge in [-0.3, -0.25) is 9.59 Å². The fourth-order valence-corrected chi connectivity index (χ4v) is 4.42. The molecule has 7 nitrogen and oxygen atoms in total. The highest BCUT2D eigenvalue weighted by molar-refractivity contribution is 7.88. The zero-order chi connectivity index (χ0) is 18.6. The van der Waals surface area contributed by atoms with Crippen molar-refractivity contribution in [2.24, 2.45) is 11.8 Å². The van der Waals surface area contributed by atoms with Gasteiger partial charge in [-0.2, -0.15) is 0 Å². The first-order valence-corrected chi connectivity index (χ1v) is 11.1. The van der Waals surface area contributed by atoms with E-state index in [1.807, 2.05) is 18.7 Å². The minimum atomic E-state index is -3.20. The Morgan fingerprint density at radius 3 is 2.04 bits per heavy atom. The molecule has 2 aliphatic heterocycles. The zero-order valence-corrected chi connectivity index (χ0v) is 16.3. The number of piperidine rings is 2. The van der Waals surface area contributed by atoms with Crippen LogP contribution in [-0.4, -0.2) is 67.9 Å². The van der Waals surface area contributed by atoms with Crippen molar-refractivity contribution in [3.8, 4) is 0 Å². The van der Waals surface area contributed by atoms with Crippen molar-refractivity contribution in [3.63, 3.8) is 0 Å². The molecule has 1 N–H and O–H groups in total. The Bertz CT molecular complexity index is 577. The van der Waals surface area contributed by atoms with E-state index < -0.39 is 16.1 Å². The molecule has 0 bridgehead atoms. The van der Waals surface area contributed by atoms with Crippen molar-refractivity contribution in [1.29, 1.82) is 0 Å². The first-order valence-electron chi connectivity index (χ1n) is 9.24. The summed E-state index contributed by atoms with van der Waals surface area (Å²) in [5.74, 6) is -0.322. The molecule has 2 aliphatic rings. The molecule has 2 saturated heterocycles. The summed E-state index contributed by atoms with van der Waals surface area (Å²) < 4.78 is 24.6. The first-order chi connectivity index (χ1) is 11.7. The van der Waals surface area contributed by atoms with Crippen LogP contribution in [-0.2, 0) is 19.6 Å². The predicted molar refractivity (Wildman–Crippen MR) is 96.3 cm³/mol. The van der Waals surface area contributed by atoms with Crippen molar-refractivity contribution >= 4 is 21.8 Å². The van der Waals surface area contributed by atoms with E-state index in [2.05, 4.69) is 5.32 Å². The van der Waals surface area contributed by atoms with Crippen LogP contribution in [0.5, 0.6) is 0 Å². The summed E-state index contributed by atoms with van der Waals surface area (Å²) in [5, 5.41) is 2.94. The summed E-state index contributed by atoms with van der Waals surface area (Å²) in [6.07, 6.45) is 5.40. The molecule has 0 aromatic heterocycles. The molecule has 0 aromatic carbocycles. The molecular formula is C17H31N3O4S. The number of hydrogen-bond donors (Lipinski definition) is 1. The zero-order valence-electron chi connectivity index (χ0n) is 15.5. The molecule has 2 heterocycles. The molecule has 2 amide bonds. The summed E-state index contributed by atoms with van der Waals surface area (Å²) >= 11 is 0.